The van der Waals surface area contributed by atoms with E-state index in [-0.39, 0.29) is 40.7 Å². The van der Waals surface area contributed by atoms with Crippen molar-refractivity contribution in [2.75, 3.05) is 25.1 Å². The van der Waals surface area contributed by atoms with E-state index in [2.05, 4.69) is 0 Å². The number of nitrogens with two attached hydrogens (primary N) is 1. The number of anilines is 1. The molecule has 1 saturated heterocycles. The Morgan fingerprint density at radius 2 is 2.10 bits per heavy atom. The Hall–Kier alpha value is -2.68. The Morgan fingerprint density at radius 3 is 2.62 bits per heavy atom. The van der Waals surface area contributed by atoms with Crippen molar-refractivity contribution in [1.82, 2.24) is 4.57 Å². The van der Waals surface area contributed by atoms with Gasteiger partial charge in [0, 0.05) is 31.7 Å². The van der Waals surface area contributed by atoms with Crippen molar-refractivity contribution < 1.29 is 23.4 Å². The van der Waals surface area contributed by atoms with Crippen molar-refractivity contribution in [3.8, 4) is 5.75 Å². The van der Waals surface area contributed by atoms with Crippen LogP contribution in [0, 0.1) is 11.7 Å². The van der Waals surface area contributed by atoms with Crippen molar-refractivity contribution in [1.29, 1.82) is 0 Å². The molecule has 1 aromatic heterocycles. The first-order chi connectivity index (χ1) is 13.8. The van der Waals surface area contributed by atoms with Gasteiger partial charge in [-0.25, -0.2) is 13.6 Å². The maximum absolute atomic E-state index is 15.2. The lowest BCUT2D eigenvalue weighted by Gasteiger charge is -2.24. The second kappa shape index (κ2) is 6.98. The van der Waals surface area contributed by atoms with Gasteiger partial charge in [-0.1, -0.05) is 13.3 Å². The number of halogens is 2. The molecule has 0 bridgehead atoms. The van der Waals surface area contributed by atoms with E-state index in [1.54, 1.807) is 4.90 Å². The third kappa shape index (κ3) is 3.04. The van der Waals surface area contributed by atoms with E-state index in [0.717, 1.165) is 18.7 Å². The maximum Gasteiger partial charge on any atom is 0.341 e. The van der Waals surface area contributed by atoms with Crippen LogP contribution in [-0.2, 0) is 0 Å². The number of aromatic nitrogens is 1. The van der Waals surface area contributed by atoms with Gasteiger partial charge in [0.25, 0.3) is 0 Å². The fourth-order valence-electron chi connectivity index (χ4n) is 4.30. The second-order valence-corrected chi connectivity index (χ2v) is 7.78. The van der Waals surface area contributed by atoms with Crippen LogP contribution in [0.15, 0.2) is 17.1 Å². The summed E-state index contributed by atoms with van der Waals surface area (Å²) < 4.78 is 36.0. The van der Waals surface area contributed by atoms with Gasteiger partial charge in [-0.15, -0.1) is 0 Å². The zero-order valence-corrected chi connectivity index (χ0v) is 16.2. The van der Waals surface area contributed by atoms with E-state index >= 15 is 4.39 Å². The molecule has 0 spiro atoms. The average Bonchev–Trinajstić information content (AvgIpc) is 3.28. The van der Waals surface area contributed by atoms with E-state index in [0.29, 0.717) is 13.1 Å². The number of carboxylic acids is 1. The highest BCUT2D eigenvalue weighted by atomic mass is 19.1. The van der Waals surface area contributed by atoms with Crippen LogP contribution < -0.4 is 20.8 Å². The molecule has 3 N–H and O–H groups in total. The topological polar surface area (TPSA) is 97.8 Å². The summed E-state index contributed by atoms with van der Waals surface area (Å²) >= 11 is 0. The van der Waals surface area contributed by atoms with Crippen LogP contribution in [0.5, 0.6) is 5.75 Å². The first kappa shape index (κ1) is 19.6. The number of hydrogen-bond donors (Lipinski definition) is 2. The average molecular weight is 407 g/mol. The lowest BCUT2D eigenvalue weighted by atomic mass is 10.0. The van der Waals surface area contributed by atoms with E-state index in [1.165, 1.54) is 11.7 Å². The summed E-state index contributed by atoms with van der Waals surface area (Å²) in [6.07, 6.45) is 1.00. The minimum atomic E-state index is -1.44. The van der Waals surface area contributed by atoms with Crippen LogP contribution in [0.1, 0.15) is 36.2 Å². The summed E-state index contributed by atoms with van der Waals surface area (Å²) in [7, 11) is 1.35. The third-order valence-electron chi connectivity index (χ3n) is 6.00. The van der Waals surface area contributed by atoms with Crippen molar-refractivity contribution >= 4 is 22.6 Å². The molecule has 2 heterocycles. The zero-order valence-electron chi connectivity index (χ0n) is 16.2. The molecule has 1 aliphatic carbocycles. The molecule has 1 aliphatic heterocycles. The lowest BCUT2D eigenvalue weighted by Crippen LogP contribution is -2.29. The minimum absolute atomic E-state index is 0.0945. The number of aromatic carboxylic acids is 1. The molecule has 0 amide bonds. The molecule has 0 radical (unpaired) electrons. The van der Waals surface area contributed by atoms with E-state index < -0.39 is 35.0 Å². The number of pyridine rings is 1. The number of alkyl halides is 1. The Labute approximate surface area is 165 Å². The number of hydrogen-bond acceptors (Lipinski definition) is 5. The summed E-state index contributed by atoms with van der Waals surface area (Å²) in [4.78, 5) is 26.0. The number of rotatable bonds is 5. The summed E-state index contributed by atoms with van der Waals surface area (Å²) in [5, 5.41) is 9.23. The molecule has 29 heavy (non-hydrogen) atoms. The molecule has 4 atom stereocenters. The van der Waals surface area contributed by atoms with Gasteiger partial charge in [0.15, 0.2) is 11.6 Å². The summed E-state index contributed by atoms with van der Waals surface area (Å²) in [5.74, 6) is -1.86. The van der Waals surface area contributed by atoms with Crippen LogP contribution in [-0.4, -0.2) is 48.1 Å². The van der Waals surface area contributed by atoms with Gasteiger partial charge in [-0.2, -0.15) is 0 Å². The monoisotopic (exact) mass is 407 g/mol. The van der Waals surface area contributed by atoms with Gasteiger partial charge in [-0.3, -0.25) is 4.79 Å². The molecule has 2 aromatic rings. The fourth-order valence-corrected chi connectivity index (χ4v) is 4.30. The molecule has 9 heteroatoms. The number of benzene rings is 1. The predicted octanol–water partition coefficient (Wildman–Crippen LogP) is 2.30. The molecule has 0 unspecified atom stereocenters. The SMILES string of the molecule is CC[C@H]1CN(c2c(F)cc3c(=O)c(C(=O)O)cn([C@@H]4C[C@@H]4F)c3c2OC)C[C@H]1N. The Balaban J connectivity index is 2.01. The molecule has 2 aliphatic rings. The van der Waals surface area contributed by atoms with Crippen molar-refractivity contribution in [2.45, 2.75) is 38.0 Å². The van der Waals surface area contributed by atoms with Gasteiger partial charge >= 0.3 is 5.97 Å². The van der Waals surface area contributed by atoms with Crippen molar-refractivity contribution in [3.05, 3.63) is 33.9 Å². The predicted molar refractivity (Wildman–Crippen MR) is 104 cm³/mol. The number of ether oxygens (including phenoxy) is 1. The van der Waals surface area contributed by atoms with Crippen molar-refractivity contribution in [2.24, 2.45) is 11.7 Å². The highest BCUT2D eigenvalue weighted by molar-refractivity contribution is 5.97. The van der Waals surface area contributed by atoms with Gasteiger partial charge < -0.3 is 25.0 Å². The van der Waals surface area contributed by atoms with Gasteiger partial charge in [0.2, 0.25) is 5.43 Å². The number of carbonyl (C=O) groups is 1. The second-order valence-electron chi connectivity index (χ2n) is 7.78. The van der Waals surface area contributed by atoms with Crippen LogP contribution in [0.25, 0.3) is 10.9 Å². The summed E-state index contributed by atoms with van der Waals surface area (Å²) in [6.45, 7) is 2.97. The molecule has 2 fully saturated rings. The maximum atomic E-state index is 15.2. The molecular formula is C20H23F2N3O4. The smallest absolute Gasteiger partial charge is 0.341 e. The first-order valence-corrected chi connectivity index (χ1v) is 9.61. The fraction of sp³-hybridized carbons (Fsp3) is 0.500. The Kier molecular flexibility index (Phi) is 4.72. The molecule has 4 rings (SSSR count). The van der Waals surface area contributed by atoms with Gasteiger partial charge in [0.1, 0.15) is 17.4 Å². The largest absolute Gasteiger partial charge is 0.492 e. The Morgan fingerprint density at radius 1 is 1.41 bits per heavy atom. The molecule has 156 valence electrons. The Bertz CT molecular complexity index is 1050. The number of nitrogens with zero attached hydrogens (tertiary/aromatic N) is 2. The van der Waals surface area contributed by atoms with Gasteiger partial charge in [-0.05, 0) is 12.0 Å². The van der Waals surface area contributed by atoms with Crippen molar-refractivity contribution in [3.63, 3.8) is 0 Å². The molecule has 1 aromatic carbocycles. The van der Waals surface area contributed by atoms with Crippen LogP contribution in [0.3, 0.4) is 0 Å². The van der Waals surface area contributed by atoms with E-state index in [1.807, 2.05) is 6.92 Å². The standard InChI is InChI=1S/C20H23F2N3O4/c1-3-9-6-24(8-14(9)23)17-13(22)4-10-16(19(17)29-2)25(15-5-12(15)21)7-11(18(10)26)20(27)28/h4,7,9,12,14-15H,3,5-6,8,23H2,1-2H3,(H,27,28)/t9-,12-,14+,15+/m0/s1. The lowest BCUT2D eigenvalue weighted by molar-refractivity contribution is 0.0694. The highest BCUT2D eigenvalue weighted by Gasteiger charge is 2.41. The minimum Gasteiger partial charge on any atom is -0.492 e. The first-order valence-electron chi connectivity index (χ1n) is 9.61. The number of carboxylic acid groups (broad SMARTS) is 1. The zero-order chi connectivity index (χ0) is 21.0. The highest BCUT2D eigenvalue weighted by Crippen LogP contribution is 2.46. The normalized spacial score (nSPS) is 26.2. The van der Waals surface area contributed by atoms with E-state index in [9.17, 15) is 19.1 Å². The number of fused-ring (bicyclic) bond motifs is 1. The molecule has 7 nitrogen and oxygen atoms in total. The molecule has 1 saturated carbocycles. The van der Waals surface area contributed by atoms with E-state index in [4.69, 9.17) is 10.5 Å². The summed E-state index contributed by atoms with van der Waals surface area (Å²) in [5.41, 5.74) is 5.20. The van der Waals surface area contributed by atoms with Crippen LogP contribution >= 0.6 is 0 Å². The number of methoxy groups -OCH3 is 1. The molecular weight excluding hydrogens is 384 g/mol. The quantitative estimate of drug-likeness (QED) is 0.789. The summed E-state index contributed by atoms with van der Waals surface area (Å²) in [6, 6.07) is 0.279. The third-order valence-corrected chi connectivity index (χ3v) is 6.00. The van der Waals surface area contributed by atoms with Crippen LogP contribution in [0.2, 0.25) is 0 Å². The van der Waals surface area contributed by atoms with Crippen LogP contribution in [0.4, 0.5) is 14.5 Å². The van der Waals surface area contributed by atoms with Gasteiger partial charge in [0.05, 0.1) is 24.1 Å².